The number of hydrogen-bond donors (Lipinski definition) is 2. The Hall–Kier alpha value is -2.84. The Morgan fingerprint density at radius 1 is 1.03 bits per heavy atom. The Balaban J connectivity index is 1.60. The van der Waals surface area contributed by atoms with E-state index in [0.29, 0.717) is 18.2 Å². The van der Waals surface area contributed by atoms with Crippen molar-refractivity contribution >= 4 is 48.6 Å². The smallest absolute Gasteiger partial charge is 0.261 e. The molecule has 0 saturated heterocycles. The van der Waals surface area contributed by atoms with E-state index in [1.165, 1.54) is 0 Å². The van der Waals surface area contributed by atoms with Gasteiger partial charge < -0.3 is 9.88 Å². The van der Waals surface area contributed by atoms with Gasteiger partial charge in [0.05, 0.1) is 21.6 Å². The number of aromatic nitrogens is 2. The van der Waals surface area contributed by atoms with Gasteiger partial charge in [-0.25, -0.2) is 13.4 Å². The standard InChI is InChI=1S/C22H21BrN4O2S/c1-15-7-10-18(11-8-15)30(28,29)26-19-12-9-17(23)13-16(19)14-24-22-25-20-5-3-4-6-21(20)27(22)2/h3-13,26H,14H2,1-2H3,(H,24,25). The molecule has 0 aliphatic carbocycles. The van der Waals surface area contributed by atoms with Crippen LogP contribution in [-0.4, -0.2) is 18.0 Å². The number of sulfonamides is 1. The van der Waals surface area contributed by atoms with Gasteiger partial charge in [-0.05, 0) is 55.0 Å². The third-order valence-corrected chi connectivity index (χ3v) is 6.74. The molecule has 0 aliphatic heterocycles. The highest BCUT2D eigenvalue weighted by Crippen LogP contribution is 2.26. The molecule has 0 saturated carbocycles. The van der Waals surface area contributed by atoms with Crippen LogP contribution in [0, 0.1) is 6.92 Å². The number of para-hydroxylation sites is 2. The lowest BCUT2D eigenvalue weighted by Gasteiger charge is -2.14. The molecule has 0 radical (unpaired) electrons. The number of anilines is 2. The Bertz CT molecular complexity index is 1310. The molecule has 1 heterocycles. The maximum atomic E-state index is 12.8. The van der Waals surface area contributed by atoms with Crippen LogP contribution in [0.4, 0.5) is 11.6 Å². The second kappa shape index (κ2) is 8.12. The van der Waals surface area contributed by atoms with Gasteiger partial charge in [-0.1, -0.05) is 45.8 Å². The number of benzene rings is 3. The molecule has 154 valence electrons. The first kappa shape index (κ1) is 20.4. The SMILES string of the molecule is Cc1ccc(S(=O)(=O)Nc2ccc(Br)cc2CNc2nc3ccccc3n2C)cc1. The lowest BCUT2D eigenvalue weighted by atomic mass is 10.2. The van der Waals surface area contributed by atoms with Crippen LogP contribution in [0.1, 0.15) is 11.1 Å². The largest absolute Gasteiger partial charge is 0.351 e. The van der Waals surface area contributed by atoms with Crippen LogP contribution in [0.15, 0.2) is 76.1 Å². The van der Waals surface area contributed by atoms with E-state index in [0.717, 1.165) is 26.6 Å². The lowest BCUT2D eigenvalue weighted by molar-refractivity contribution is 0.601. The van der Waals surface area contributed by atoms with Gasteiger partial charge in [0.1, 0.15) is 0 Å². The van der Waals surface area contributed by atoms with Crippen LogP contribution >= 0.6 is 15.9 Å². The second-order valence-corrected chi connectivity index (χ2v) is 9.65. The number of hydrogen-bond acceptors (Lipinski definition) is 4. The number of nitrogens with zero attached hydrogens (tertiary/aromatic N) is 2. The molecular weight excluding hydrogens is 464 g/mol. The fraction of sp³-hybridized carbons (Fsp3) is 0.136. The molecule has 1 aromatic heterocycles. The van der Waals surface area contributed by atoms with E-state index in [1.54, 1.807) is 30.3 Å². The summed E-state index contributed by atoms with van der Waals surface area (Å²) in [4.78, 5) is 4.84. The van der Waals surface area contributed by atoms with Gasteiger partial charge >= 0.3 is 0 Å². The van der Waals surface area contributed by atoms with E-state index >= 15 is 0 Å². The summed E-state index contributed by atoms with van der Waals surface area (Å²) in [5, 5.41) is 3.32. The fourth-order valence-electron chi connectivity index (χ4n) is 3.21. The minimum atomic E-state index is -3.69. The Morgan fingerprint density at radius 3 is 2.50 bits per heavy atom. The van der Waals surface area contributed by atoms with E-state index in [4.69, 9.17) is 0 Å². The zero-order valence-corrected chi connectivity index (χ0v) is 19.0. The van der Waals surface area contributed by atoms with Crippen molar-refractivity contribution < 1.29 is 8.42 Å². The van der Waals surface area contributed by atoms with Crippen molar-refractivity contribution in [3.8, 4) is 0 Å². The molecule has 0 aliphatic rings. The Labute approximate surface area is 184 Å². The topological polar surface area (TPSA) is 76.0 Å². The number of fused-ring (bicyclic) bond motifs is 1. The number of imidazole rings is 1. The van der Waals surface area contributed by atoms with Gasteiger partial charge in [-0.15, -0.1) is 0 Å². The first-order valence-electron chi connectivity index (χ1n) is 9.37. The minimum absolute atomic E-state index is 0.227. The van der Waals surface area contributed by atoms with Crippen molar-refractivity contribution in [3.05, 3.63) is 82.3 Å². The lowest BCUT2D eigenvalue weighted by Crippen LogP contribution is -2.15. The fourth-order valence-corrected chi connectivity index (χ4v) is 4.72. The van der Waals surface area contributed by atoms with Crippen molar-refractivity contribution in [3.63, 3.8) is 0 Å². The van der Waals surface area contributed by atoms with E-state index in [2.05, 4.69) is 31.0 Å². The molecule has 4 aromatic rings. The van der Waals surface area contributed by atoms with Crippen molar-refractivity contribution in [1.29, 1.82) is 0 Å². The van der Waals surface area contributed by atoms with E-state index < -0.39 is 10.0 Å². The van der Waals surface area contributed by atoms with Crippen LogP contribution in [-0.2, 0) is 23.6 Å². The second-order valence-electron chi connectivity index (χ2n) is 7.06. The summed E-state index contributed by atoms with van der Waals surface area (Å²) in [5.41, 5.74) is 4.24. The summed E-state index contributed by atoms with van der Waals surface area (Å²) in [6.07, 6.45) is 0. The third-order valence-electron chi connectivity index (χ3n) is 4.87. The maximum absolute atomic E-state index is 12.8. The first-order valence-corrected chi connectivity index (χ1v) is 11.6. The molecule has 6 nitrogen and oxygen atoms in total. The highest BCUT2D eigenvalue weighted by molar-refractivity contribution is 9.10. The first-order chi connectivity index (χ1) is 14.3. The van der Waals surface area contributed by atoms with Crippen LogP contribution in [0.2, 0.25) is 0 Å². The predicted molar refractivity (Wildman–Crippen MR) is 124 cm³/mol. The molecule has 0 spiro atoms. The molecule has 0 fully saturated rings. The molecule has 8 heteroatoms. The Kier molecular flexibility index (Phi) is 5.53. The highest BCUT2D eigenvalue weighted by atomic mass is 79.9. The van der Waals surface area contributed by atoms with Crippen LogP contribution in [0.5, 0.6) is 0 Å². The molecular formula is C22H21BrN4O2S. The Morgan fingerprint density at radius 2 is 1.77 bits per heavy atom. The summed E-state index contributed by atoms with van der Waals surface area (Å²) in [7, 11) is -1.75. The number of nitrogens with one attached hydrogen (secondary N) is 2. The molecule has 3 aromatic carbocycles. The predicted octanol–water partition coefficient (Wildman–Crippen LogP) is 5.06. The molecule has 0 atom stereocenters. The van der Waals surface area contributed by atoms with Gasteiger partial charge in [0, 0.05) is 18.1 Å². The molecule has 0 bridgehead atoms. The molecule has 30 heavy (non-hydrogen) atoms. The summed E-state index contributed by atoms with van der Waals surface area (Å²) in [6, 6.07) is 20.1. The molecule has 0 amide bonds. The number of aryl methyl sites for hydroxylation is 2. The van der Waals surface area contributed by atoms with Gasteiger partial charge in [0.25, 0.3) is 10.0 Å². The molecule has 2 N–H and O–H groups in total. The van der Waals surface area contributed by atoms with Crippen molar-refractivity contribution in [2.45, 2.75) is 18.4 Å². The quantitative estimate of drug-likeness (QED) is 0.401. The average Bonchev–Trinajstić information content (AvgIpc) is 3.04. The van der Waals surface area contributed by atoms with Gasteiger partial charge in [0.2, 0.25) is 5.95 Å². The van der Waals surface area contributed by atoms with Crippen molar-refractivity contribution in [2.24, 2.45) is 7.05 Å². The van der Waals surface area contributed by atoms with Gasteiger partial charge in [-0.3, -0.25) is 4.72 Å². The zero-order chi connectivity index (χ0) is 21.3. The normalized spacial score (nSPS) is 11.6. The minimum Gasteiger partial charge on any atom is -0.351 e. The van der Waals surface area contributed by atoms with E-state index in [-0.39, 0.29) is 4.90 Å². The molecule has 4 rings (SSSR count). The van der Waals surface area contributed by atoms with Crippen LogP contribution < -0.4 is 10.0 Å². The van der Waals surface area contributed by atoms with Crippen molar-refractivity contribution in [1.82, 2.24) is 9.55 Å². The zero-order valence-electron chi connectivity index (χ0n) is 16.6. The monoisotopic (exact) mass is 484 g/mol. The van der Waals surface area contributed by atoms with E-state index in [1.807, 2.05) is 54.9 Å². The van der Waals surface area contributed by atoms with Gasteiger partial charge in [-0.2, -0.15) is 0 Å². The van der Waals surface area contributed by atoms with Crippen LogP contribution in [0.25, 0.3) is 11.0 Å². The number of rotatable bonds is 6. The van der Waals surface area contributed by atoms with Crippen LogP contribution in [0.3, 0.4) is 0 Å². The van der Waals surface area contributed by atoms with Crippen molar-refractivity contribution in [2.75, 3.05) is 10.0 Å². The summed E-state index contributed by atoms with van der Waals surface area (Å²) in [5.74, 6) is 0.712. The third kappa shape index (κ3) is 4.20. The highest BCUT2D eigenvalue weighted by Gasteiger charge is 2.16. The molecule has 0 unspecified atom stereocenters. The maximum Gasteiger partial charge on any atom is 0.261 e. The van der Waals surface area contributed by atoms with Gasteiger partial charge in [0.15, 0.2) is 0 Å². The van der Waals surface area contributed by atoms with E-state index in [9.17, 15) is 8.42 Å². The summed E-state index contributed by atoms with van der Waals surface area (Å²) >= 11 is 3.47. The summed E-state index contributed by atoms with van der Waals surface area (Å²) < 4.78 is 31.2. The number of halogens is 1. The average molecular weight is 485 g/mol. The summed E-state index contributed by atoms with van der Waals surface area (Å²) in [6.45, 7) is 2.33.